The van der Waals surface area contributed by atoms with Crippen LogP contribution < -0.4 is 5.32 Å². The summed E-state index contributed by atoms with van der Waals surface area (Å²) in [7, 11) is 1.83. The molecule has 0 saturated heterocycles. The van der Waals surface area contributed by atoms with Crippen molar-refractivity contribution in [3.63, 3.8) is 0 Å². The molecule has 98 valence electrons. The molecule has 0 aliphatic heterocycles. The van der Waals surface area contributed by atoms with Crippen molar-refractivity contribution < 1.29 is 0 Å². The Morgan fingerprint density at radius 3 is 2.30 bits per heavy atom. The van der Waals surface area contributed by atoms with Crippen molar-refractivity contribution in [3.05, 3.63) is 54.9 Å². The predicted octanol–water partition coefficient (Wildman–Crippen LogP) is 2.64. The lowest BCUT2D eigenvalue weighted by Gasteiger charge is -2.07. The summed E-state index contributed by atoms with van der Waals surface area (Å²) in [5.41, 5.74) is 1.87. The van der Waals surface area contributed by atoms with Crippen LogP contribution in [0.1, 0.15) is 0 Å². The van der Waals surface area contributed by atoms with Crippen LogP contribution in [0.5, 0.6) is 0 Å². The fraction of sp³-hybridized carbons (Fsp3) is 0.0667. The van der Waals surface area contributed by atoms with Gasteiger partial charge in [-0.3, -0.25) is 0 Å². The number of hydrogen-bond acceptors (Lipinski definition) is 5. The van der Waals surface area contributed by atoms with Gasteiger partial charge in [0, 0.05) is 31.1 Å². The predicted molar refractivity (Wildman–Crippen MR) is 78.0 cm³/mol. The van der Waals surface area contributed by atoms with Crippen LogP contribution in [0.4, 0.5) is 5.82 Å². The van der Waals surface area contributed by atoms with E-state index in [0.29, 0.717) is 11.6 Å². The Hall–Kier alpha value is -2.82. The van der Waals surface area contributed by atoms with E-state index in [4.69, 9.17) is 0 Å². The Morgan fingerprint density at radius 1 is 0.850 bits per heavy atom. The number of aromatic nitrogens is 4. The van der Waals surface area contributed by atoms with E-state index in [1.165, 1.54) is 0 Å². The number of nitrogens with zero attached hydrogens (tertiary/aromatic N) is 4. The summed E-state index contributed by atoms with van der Waals surface area (Å²) in [5.74, 6) is 1.76. The summed E-state index contributed by atoms with van der Waals surface area (Å²) >= 11 is 0. The van der Waals surface area contributed by atoms with Crippen molar-refractivity contribution in [2.45, 2.75) is 0 Å². The van der Waals surface area contributed by atoms with Gasteiger partial charge in [0.1, 0.15) is 5.82 Å². The molecule has 0 fully saturated rings. The largest absolute Gasteiger partial charge is 0.373 e. The lowest BCUT2D eigenvalue weighted by atomic mass is 10.1. The van der Waals surface area contributed by atoms with Crippen LogP contribution in [0, 0.1) is 0 Å². The van der Waals surface area contributed by atoms with E-state index in [2.05, 4.69) is 25.3 Å². The van der Waals surface area contributed by atoms with Gasteiger partial charge >= 0.3 is 0 Å². The third-order valence-corrected chi connectivity index (χ3v) is 2.82. The molecule has 1 N–H and O–H groups in total. The standard InChI is InChI=1S/C15H13N5/c1-16-13-10-12(11-6-3-2-4-7-11)19-15(20-13)14-17-8-5-9-18-14/h2-10H,1H3,(H,16,19,20). The lowest BCUT2D eigenvalue weighted by Crippen LogP contribution is -2.00. The van der Waals surface area contributed by atoms with Crippen LogP contribution in [0.25, 0.3) is 22.9 Å². The van der Waals surface area contributed by atoms with Crippen molar-refractivity contribution in [1.29, 1.82) is 0 Å². The third kappa shape index (κ3) is 2.47. The molecule has 1 aromatic carbocycles. The van der Waals surface area contributed by atoms with Crippen molar-refractivity contribution in [2.24, 2.45) is 0 Å². The SMILES string of the molecule is CNc1cc(-c2ccccc2)nc(-c2ncccn2)n1. The van der Waals surface area contributed by atoms with Gasteiger partial charge in [-0.1, -0.05) is 30.3 Å². The molecule has 0 spiro atoms. The van der Waals surface area contributed by atoms with Crippen LogP contribution in [0.3, 0.4) is 0 Å². The van der Waals surface area contributed by atoms with Crippen LogP contribution >= 0.6 is 0 Å². The highest BCUT2D eigenvalue weighted by Gasteiger charge is 2.09. The minimum Gasteiger partial charge on any atom is -0.373 e. The average Bonchev–Trinajstić information content (AvgIpc) is 2.56. The van der Waals surface area contributed by atoms with Gasteiger partial charge in [0.05, 0.1) is 5.69 Å². The molecule has 20 heavy (non-hydrogen) atoms. The molecule has 0 aliphatic rings. The molecular formula is C15H13N5. The third-order valence-electron chi connectivity index (χ3n) is 2.82. The zero-order valence-corrected chi connectivity index (χ0v) is 11.0. The zero-order chi connectivity index (χ0) is 13.8. The molecule has 5 nitrogen and oxygen atoms in total. The Kier molecular flexibility index (Phi) is 3.33. The minimum absolute atomic E-state index is 0.510. The molecule has 5 heteroatoms. The highest BCUT2D eigenvalue weighted by Crippen LogP contribution is 2.22. The molecule has 0 aliphatic carbocycles. The molecular weight excluding hydrogens is 250 g/mol. The molecule has 0 unspecified atom stereocenters. The first kappa shape index (κ1) is 12.2. The molecule has 0 bridgehead atoms. The summed E-state index contributed by atoms with van der Waals surface area (Å²) in [6.45, 7) is 0. The van der Waals surface area contributed by atoms with Crippen LogP contribution in [-0.4, -0.2) is 27.0 Å². The number of nitrogens with one attached hydrogen (secondary N) is 1. The van der Waals surface area contributed by atoms with E-state index >= 15 is 0 Å². The number of anilines is 1. The quantitative estimate of drug-likeness (QED) is 0.787. The molecule has 3 aromatic rings. The minimum atomic E-state index is 0.510. The van der Waals surface area contributed by atoms with Gasteiger partial charge in [0.25, 0.3) is 0 Å². The molecule has 0 amide bonds. The summed E-state index contributed by atoms with van der Waals surface area (Å²) in [6.07, 6.45) is 3.36. The van der Waals surface area contributed by atoms with Crippen LogP contribution in [0.2, 0.25) is 0 Å². The average molecular weight is 263 g/mol. The number of hydrogen-bond donors (Lipinski definition) is 1. The topological polar surface area (TPSA) is 63.6 Å². The summed E-state index contributed by atoms with van der Waals surface area (Å²) in [5, 5.41) is 3.04. The summed E-state index contributed by atoms with van der Waals surface area (Å²) in [4.78, 5) is 17.3. The van der Waals surface area contributed by atoms with Gasteiger partial charge in [0.15, 0.2) is 11.6 Å². The van der Waals surface area contributed by atoms with Gasteiger partial charge < -0.3 is 5.32 Å². The van der Waals surface area contributed by atoms with Crippen LogP contribution in [0.15, 0.2) is 54.9 Å². The van der Waals surface area contributed by atoms with E-state index in [1.54, 1.807) is 18.5 Å². The van der Waals surface area contributed by atoms with Gasteiger partial charge in [-0.15, -0.1) is 0 Å². The van der Waals surface area contributed by atoms with Gasteiger partial charge in [0.2, 0.25) is 0 Å². The Balaban J connectivity index is 2.13. The lowest BCUT2D eigenvalue weighted by molar-refractivity contribution is 1.08. The van der Waals surface area contributed by atoms with Gasteiger partial charge in [-0.05, 0) is 6.07 Å². The number of rotatable bonds is 3. The normalized spacial score (nSPS) is 10.2. The number of benzene rings is 1. The first-order valence-corrected chi connectivity index (χ1v) is 6.26. The van der Waals surface area contributed by atoms with Crippen LogP contribution in [-0.2, 0) is 0 Å². The summed E-state index contributed by atoms with van der Waals surface area (Å²) < 4.78 is 0. The van der Waals surface area contributed by atoms with Crippen molar-refractivity contribution in [3.8, 4) is 22.9 Å². The molecule has 2 heterocycles. The van der Waals surface area contributed by atoms with Crippen molar-refractivity contribution in [1.82, 2.24) is 19.9 Å². The second-order valence-electron chi connectivity index (χ2n) is 4.15. The highest BCUT2D eigenvalue weighted by atomic mass is 15.0. The summed E-state index contributed by atoms with van der Waals surface area (Å²) in [6, 6.07) is 13.6. The maximum Gasteiger partial charge on any atom is 0.200 e. The van der Waals surface area contributed by atoms with E-state index in [1.807, 2.05) is 43.4 Å². The second kappa shape index (κ2) is 5.44. The fourth-order valence-corrected chi connectivity index (χ4v) is 1.85. The Bertz CT molecular complexity index is 640. The Morgan fingerprint density at radius 2 is 1.60 bits per heavy atom. The Labute approximate surface area is 116 Å². The molecule has 3 rings (SSSR count). The van der Waals surface area contributed by atoms with Gasteiger partial charge in [-0.2, -0.15) is 0 Å². The fourth-order valence-electron chi connectivity index (χ4n) is 1.85. The van der Waals surface area contributed by atoms with E-state index < -0.39 is 0 Å². The maximum atomic E-state index is 4.55. The highest BCUT2D eigenvalue weighted by molar-refractivity contribution is 5.65. The van der Waals surface area contributed by atoms with Gasteiger partial charge in [-0.25, -0.2) is 19.9 Å². The first-order valence-electron chi connectivity index (χ1n) is 6.26. The monoisotopic (exact) mass is 263 g/mol. The molecule has 2 aromatic heterocycles. The van der Waals surface area contributed by atoms with E-state index in [9.17, 15) is 0 Å². The molecule has 0 atom stereocenters. The van der Waals surface area contributed by atoms with Crippen molar-refractivity contribution >= 4 is 5.82 Å². The van der Waals surface area contributed by atoms with Crippen molar-refractivity contribution in [2.75, 3.05) is 12.4 Å². The smallest absolute Gasteiger partial charge is 0.200 e. The molecule has 0 radical (unpaired) electrons. The second-order valence-corrected chi connectivity index (χ2v) is 4.15. The molecule has 0 saturated carbocycles. The first-order chi connectivity index (χ1) is 9.86. The van der Waals surface area contributed by atoms with E-state index in [0.717, 1.165) is 17.1 Å². The zero-order valence-electron chi connectivity index (χ0n) is 11.0. The maximum absolute atomic E-state index is 4.55. The van der Waals surface area contributed by atoms with E-state index in [-0.39, 0.29) is 0 Å².